The van der Waals surface area contributed by atoms with Gasteiger partial charge in [-0.05, 0) is 72.0 Å². The first kappa shape index (κ1) is 16.8. The Kier molecular flexibility index (Phi) is 3.97. The molecule has 3 aliphatic rings. The fraction of sp³-hybridized carbons (Fsp3) is 1.00. The first-order chi connectivity index (χ1) is 10.1. The normalized spacial score (nSPS) is 54.1. The van der Waals surface area contributed by atoms with Gasteiger partial charge in [-0.1, -0.05) is 41.5 Å². The molecule has 3 fully saturated rings. The summed E-state index contributed by atoms with van der Waals surface area (Å²) < 4.78 is 0. The molecule has 0 aromatic rings. The van der Waals surface area contributed by atoms with Crippen LogP contribution >= 0.6 is 0 Å². The van der Waals surface area contributed by atoms with Crippen LogP contribution in [0.2, 0.25) is 0 Å². The molecule has 128 valence electrons. The maximum absolute atomic E-state index is 11.1. The van der Waals surface area contributed by atoms with Gasteiger partial charge in [0, 0.05) is 0 Å². The van der Waals surface area contributed by atoms with Crippen molar-refractivity contribution in [2.75, 3.05) is 0 Å². The van der Waals surface area contributed by atoms with Crippen molar-refractivity contribution in [1.82, 2.24) is 0 Å². The second kappa shape index (κ2) is 5.21. The molecule has 2 nitrogen and oxygen atoms in total. The van der Waals surface area contributed by atoms with Gasteiger partial charge in [0.25, 0.3) is 0 Å². The minimum Gasteiger partial charge on any atom is -0.393 e. The standard InChI is InChI=1S/C20H36O2/c1-11(2)13-7-8-14-18-15(10-17(22)20(13,14)6)19(4,5)12(3)9-16(18)21/h11-18,21-22H,7-10H2,1-6H3/t12-,13+,14-,15-,16+,17-,18-,20+/m0/s1. The first-order valence-corrected chi connectivity index (χ1v) is 9.47. The lowest BCUT2D eigenvalue weighted by Gasteiger charge is -2.61. The molecule has 0 aromatic carbocycles. The number of aliphatic hydroxyl groups excluding tert-OH is 2. The van der Waals surface area contributed by atoms with E-state index in [2.05, 4.69) is 41.5 Å². The number of fused-ring (bicyclic) bond motifs is 3. The van der Waals surface area contributed by atoms with E-state index in [9.17, 15) is 10.2 Å². The summed E-state index contributed by atoms with van der Waals surface area (Å²) in [5.74, 6) is 3.10. The van der Waals surface area contributed by atoms with Crippen LogP contribution < -0.4 is 0 Å². The van der Waals surface area contributed by atoms with Crippen LogP contribution in [0.4, 0.5) is 0 Å². The van der Waals surface area contributed by atoms with Gasteiger partial charge in [0.1, 0.15) is 0 Å². The lowest BCUT2D eigenvalue weighted by molar-refractivity contribution is -0.187. The predicted molar refractivity (Wildman–Crippen MR) is 90.3 cm³/mol. The molecule has 3 rings (SSSR count). The largest absolute Gasteiger partial charge is 0.393 e. The van der Waals surface area contributed by atoms with E-state index in [0.717, 1.165) is 12.8 Å². The van der Waals surface area contributed by atoms with E-state index in [4.69, 9.17) is 0 Å². The fourth-order valence-electron chi connectivity index (χ4n) is 6.87. The first-order valence-electron chi connectivity index (χ1n) is 9.47. The van der Waals surface area contributed by atoms with Crippen molar-refractivity contribution < 1.29 is 10.2 Å². The molecule has 22 heavy (non-hydrogen) atoms. The van der Waals surface area contributed by atoms with E-state index in [-0.39, 0.29) is 23.0 Å². The van der Waals surface area contributed by atoms with Gasteiger partial charge in [-0.25, -0.2) is 0 Å². The molecule has 0 amide bonds. The molecule has 3 aliphatic carbocycles. The fourth-order valence-corrected chi connectivity index (χ4v) is 6.87. The summed E-state index contributed by atoms with van der Waals surface area (Å²) in [6.45, 7) is 14.0. The Morgan fingerprint density at radius 1 is 0.955 bits per heavy atom. The van der Waals surface area contributed by atoms with E-state index < -0.39 is 0 Å². The Labute approximate surface area is 136 Å². The van der Waals surface area contributed by atoms with Crippen LogP contribution in [0.25, 0.3) is 0 Å². The highest BCUT2D eigenvalue weighted by Crippen LogP contribution is 2.66. The SMILES string of the molecule is CC(C)[C@H]1CC[C@H]2[C@@H]3[C@H](O)C[C@H](C)C(C)(C)[C@H]3C[C@H](O)[C@]12C. The summed E-state index contributed by atoms with van der Waals surface area (Å²) in [6.07, 6.45) is 3.86. The third-order valence-electron chi connectivity index (χ3n) is 8.58. The van der Waals surface area contributed by atoms with E-state index in [1.807, 2.05) is 0 Å². The van der Waals surface area contributed by atoms with Gasteiger partial charge in [-0.2, -0.15) is 0 Å². The zero-order valence-electron chi connectivity index (χ0n) is 15.3. The number of aliphatic hydroxyl groups is 2. The highest BCUT2D eigenvalue weighted by Gasteiger charge is 2.63. The lowest BCUT2D eigenvalue weighted by atomic mass is 9.46. The third-order valence-corrected chi connectivity index (χ3v) is 8.58. The quantitative estimate of drug-likeness (QED) is 0.765. The Morgan fingerprint density at radius 2 is 1.59 bits per heavy atom. The zero-order chi connectivity index (χ0) is 16.4. The monoisotopic (exact) mass is 308 g/mol. The molecule has 0 heterocycles. The molecule has 8 atom stereocenters. The van der Waals surface area contributed by atoms with Gasteiger partial charge in [0.15, 0.2) is 0 Å². The molecular formula is C20H36O2. The van der Waals surface area contributed by atoms with Crippen molar-refractivity contribution in [2.24, 2.45) is 46.3 Å². The van der Waals surface area contributed by atoms with E-state index >= 15 is 0 Å². The second-order valence-corrected chi connectivity index (χ2v) is 9.86. The minimum absolute atomic E-state index is 0.00692. The predicted octanol–water partition coefficient (Wildman–Crippen LogP) is 4.10. The third kappa shape index (κ3) is 2.05. The summed E-state index contributed by atoms with van der Waals surface area (Å²) in [5, 5.41) is 22.0. The molecule has 3 saturated carbocycles. The summed E-state index contributed by atoms with van der Waals surface area (Å²) >= 11 is 0. The summed E-state index contributed by atoms with van der Waals surface area (Å²) in [5.41, 5.74) is 0.231. The zero-order valence-corrected chi connectivity index (χ0v) is 15.3. The summed E-state index contributed by atoms with van der Waals surface area (Å²) in [7, 11) is 0. The van der Waals surface area contributed by atoms with Crippen molar-refractivity contribution in [3.63, 3.8) is 0 Å². The molecule has 0 saturated heterocycles. The molecular weight excluding hydrogens is 272 g/mol. The number of hydrogen-bond acceptors (Lipinski definition) is 2. The van der Waals surface area contributed by atoms with Crippen LogP contribution in [0.5, 0.6) is 0 Å². The van der Waals surface area contributed by atoms with Crippen LogP contribution in [0.1, 0.15) is 67.2 Å². The van der Waals surface area contributed by atoms with E-state index in [1.165, 1.54) is 12.8 Å². The van der Waals surface area contributed by atoms with Crippen molar-refractivity contribution in [3.05, 3.63) is 0 Å². The Morgan fingerprint density at radius 3 is 2.18 bits per heavy atom. The van der Waals surface area contributed by atoms with E-state index in [1.54, 1.807) is 0 Å². The number of rotatable bonds is 1. The van der Waals surface area contributed by atoms with Gasteiger partial charge < -0.3 is 10.2 Å². The van der Waals surface area contributed by atoms with Crippen LogP contribution in [-0.2, 0) is 0 Å². The molecule has 0 unspecified atom stereocenters. The molecule has 0 radical (unpaired) electrons. The van der Waals surface area contributed by atoms with E-state index in [0.29, 0.717) is 35.5 Å². The van der Waals surface area contributed by atoms with Crippen LogP contribution in [0.3, 0.4) is 0 Å². The van der Waals surface area contributed by atoms with Gasteiger partial charge in [0.2, 0.25) is 0 Å². The molecule has 0 aromatic heterocycles. The Bertz CT molecular complexity index is 429. The molecule has 0 spiro atoms. The average Bonchev–Trinajstić information content (AvgIpc) is 2.76. The summed E-state index contributed by atoms with van der Waals surface area (Å²) in [4.78, 5) is 0. The Balaban J connectivity index is 2.00. The van der Waals surface area contributed by atoms with Crippen molar-refractivity contribution in [1.29, 1.82) is 0 Å². The maximum atomic E-state index is 11.1. The van der Waals surface area contributed by atoms with Gasteiger partial charge in [-0.3, -0.25) is 0 Å². The summed E-state index contributed by atoms with van der Waals surface area (Å²) in [6, 6.07) is 0. The van der Waals surface area contributed by atoms with Crippen molar-refractivity contribution >= 4 is 0 Å². The van der Waals surface area contributed by atoms with Crippen molar-refractivity contribution in [2.45, 2.75) is 79.4 Å². The van der Waals surface area contributed by atoms with Crippen molar-refractivity contribution in [3.8, 4) is 0 Å². The lowest BCUT2D eigenvalue weighted by Crippen LogP contribution is -2.60. The maximum Gasteiger partial charge on any atom is 0.0602 e. The molecule has 0 bridgehead atoms. The topological polar surface area (TPSA) is 40.5 Å². The van der Waals surface area contributed by atoms with Gasteiger partial charge in [0.05, 0.1) is 12.2 Å². The smallest absolute Gasteiger partial charge is 0.0602 e. The highest BCUT2D eigenvalue weighted by atomic mass is 16.3. The molecule has 2 heteroatoms. The average molecular weight is 309 g/mol. The molecule has 2 N–H and O–H groups in total. The molecule has 0 aliphatic heterocycles. The second-order valence-electron chi connectivity index (χ2n) is 9.86. The highest BCUT2D eigenvalue weighted by molar-refractivity contribution is 5.12. The van der Waals surface area contributed by atoms with Gasteiger partial charge in [-0.15, -0.1) is 0 Å². The Hall–Kier alpha value is -0.0800. The van der Waals surface area contributed by atoms with Gasteiger partial charge >= 0.3 is 0 Å². The minimum atomic E-state index is -0.203. The van der Waals surface area contributed by atoms with Crippen LogP contribution in [-0.4, -0.2) is 22.4 Å². The number of hydrogen-bond donors (Lipinski definition) is 2. The van der Waals surface area contributed by atoms with Crippen LogP contribution in [0.15, 0.2) is 0 Å². The van der Waals surface area contributed by atoms with Crippen LogP contribution in [0, 0.1) is 46.3 Å².